The lowest BCUT2D eigenvalue weighted by atomic mass is 9.72. The third kappa shape index (κ3) is 2.69. The summed E-state index contributed by atoms with van der Waals surface area (Å²) < 4.78 is 32.8. The fraction of sp³-hybridized carbons (Fsp3) is 0.929. The van der Waals surface area contributed by atoms with Crippen LogP contribution in [0.1, 0.15) is 20.3 Å². The van der Waals surface area contributed by atoms with Crippen LogP contribution in [0, 0.1) is 5.41 Å². The quantitative estimate of drug-likeness (QED) is 0.746. The number of ether oxygens (including phenoxy) is 6. The van der Waals surface area contributed by atoms with E-state index in [0.29, 0.717) is 6.42 Å². The van der Waals surface area contributed by atoms with Crippen molar-refractivity contribution in [3.63, 3.8) is 0 Å². The van der Waals surface area contributed by atoms with Crippen LogP contribution >= 0.6 is 0 Å². The molecule has 0 aromatic carbocycles. The van der Waals surface area contributed by atoms with Crippen LogP contribution in [0.2, 0.25) is 0 Å². The number of carbonyl (C=O) groups is 1. The fourth-order valence-corrected chi connectivity index (χ4v) is 3.48. The summed E-state index contributed by atoms with van der Waals surface area (Å²) in [6.07, 6.45) is -2.17. The lowest BCUT2D eigenvalue weighted by molar-refractivity contribution is -0.327. The smallest absolute Gasteiger partial charge is 0.430 e. The first-order valence-corrected chi connectivity index (χ1v) is 7.44. The average Bonchev–Trinajstić information content (AvgIpc) is 2.86. The van der Waals surface area contributed by atoms with Gasteiger partial charge >= 0.3 is 6.16 Å². The molecule has 3 heterocycles. The van der Waals surface area contributed by atoms with Gasteiger partial charge in [0.2, 0.25) is 0 Å². The Morgan fingerprint density at radius 1 is 1.32 bits per heavy atom. The first kappa shape index (κ1) is 15.9. The molecule has 3 saturated heterocycles. The summed E-state index contributed by atoms with van der Waals surface area (Å²) in [5.41, 5.74) is 5.65. The van der Waals surface area contributed by atoms with Gasteiger partial charge in [-0.2, -0.15) is 0 Å². The molecule has 1 unspecified atom stereocenters. The molecule has 0 bridgehead atoms. The largest absolute Gasteiger partial charge is 0.508 e. The van der Waals surface area contributed by atoms with E-state index in [9.17, 15) is 4.79 Å². The zero-order valence-corrected chi connectivity index (χ0v) is 13.0. The van der Waals surface area contributed by atoms with Gasteiger partial charge in [0, 0.05) is 18.9 Å². The minimum absolute atomic E-state index is 0.125. The van der Waals surface area contributed by atoms with Crippen molar-refractivity contribution in [1.82, 2.24) is 0 Å². The molecule has 3 aliphatic rings. The van der Waals surface area contributed by atoms with E-state index in [-0.39, 0.29) is 43.2 Å². The molecule has 0 radical (unpaired) electrons. The lowest BCUT2D eigenvalue weighted by Crippen LogP contribution is -2.67. The maximum absolute atomic E-state index is 11.1. The zero-order chi connectivity index (χ0) is 15.9. The van der Waals surface area contributed by atoms with Crippen molar-refractivity contribution in [3.8, 4) is 0 Å². The highest BCUT2D eigenvalue weighted by Crippen LogP contribution is 2.43. The summed E-state index contributed by atoms with van der Waals surface area (Å²) in [5.74, 6) is 0. The lowest BCUT2D eigenvalue weighted by Gasteiger charge is -2.53. The van der Waals surface area contributed by atoms with E-state index >= 15 is 0 Å². The van der Waals surface area contributed by atoms with Gasteiger partial charge in [0.1, 0.15) is 37.9 Å². The summed E-state index contributed by atoms with van der Waals surface area (Å²) >= 11 is 0. The van der Waals surface area contributed by atoms with Crippen LogP contribution < -0.4 is 5.73 Å². The molecular weight excluding hydrogens is 294 g/mol. The molecule has 0 amide bonds. The van der Waals surface area contributed by atoms with Crippen LogP contribution in [0.25, 0.3) is 0 Å². The van der Waals surface area contributed by atoms with Crippen LogP contribution in [0.3, 0.4) is 0 Å². The highest BCUT2D eigenvalue weighted by atomic mass is 16.8. The van der Waals surface area contributed by atoms with Crippen LogP contribution in [0.4, 0.5) is 4.79 Å². The molecule has 8 nitrogen and oxygen atoms in total. The second-order valence-electron chi connectivity index (χ2n) is 6.48. The van der Waals surface area contributed by atoms with Crippen molar-refractivity contribution in [2.75, 3.05) is 20.5 Å². The Labute approximate surface area is 129 Å². The second-order valence-corrected chi connectivity index (χ2v) is 6.48. The number of cyclic esters (lactones) is 2. The van der Waals surface area contributed by atoms with Crippen LogP contribution in [0.15, 0.2) is 0 Å². The van der Waals surface area contributed by atoms with Crippen LogP contribution in [-0.2, 0) is 28.4 Å². The molecule has 3 fully saturated rings. The maximum atomic E-state index is 11.1. The molecule has 0 spiro atoms. The minimum Gasteiger partial charge on any atom is -0.430 e. The van der Waals surface area contributed by atoms with E-state index < -0.39 is 18.5 Å². The SMILES string of the molecule is CO[C@@H]1[C@H]2OCOC(N)[C@H]2O[C@H](C[C@H]2COC(=O)O2)C1(C)C. The van der Waals surface area contributed by atoms with Crippen molar-refractivity contribution in [1.29, 1.82) is 0 Å². The maximum Gasteiger partial charge on any atom is 0.508 e. The normalized spacial score (nSPS) is 44.1. The number of methoxy groups -OCH3 is 1. The van der Waals surface area contributed by atoms with Gasteiger partial charge in [-0.25, -0.2) is 4.79 Å². The summed E-state index contributed by atoms with van der Waals surface area (Å²) in [5, 5.41) is 0. The summed E-state index contributed by atoms with van der Waals surface area (Å²) in [7, 11) is 1.65. The molecule has 22 heavy (non-hydrogen) atoms. The predicted molar refractivity (Wildman–Crippen MR) is 72.9 cm³/mol. The predicted octanol–water partition coefficient (Wildman–Crippen LogP) is 0.378. The molecule has 0 aliphatic carbocycles. The van der Waals surface area contributed by atoms with E-state index in [2.05, 4.69) is 0 Å². The molecule has 3 rings (SSSR count). The van der Waals surface area contributed by atoms with Gasteiger partial charge in [-0.15, -0.1) is 0 Å². The third-order valence-electron chi connectivity index (χ3n) is 4.73. The van der Waals surface area contributed by atoms with Crippen molar-refractivity contribution in [2.24, 2.45) is 11.1 Å². The Morgan fingerprint density at radius 3 is 2.73 bits per heavy atom. The number of hydrogen-bond acceptors (Lipinski definition) is 8. The number of nitrogens with two attached hydrogens (primary N) is 1. The fourth-order valence-electron chi connectivity index (χ4n) is 3.48. The molecule has 2 N–H and O–H groups in total. The Hall–Kier alpha value is -0.930. The minimum atomic E-state index is -0.638. The highest BCUT2D eigenvalue weighted by molar-refractivity contribution is 5.61. The van der Waals surface area contributed by atoms with Gasteiger partial charge in [0.25, 0.3) is 0 Å². The molecule has 0 saturated carbocycles. The molecule has 0 aromatic heterocycles. The van der Waals surface area contributed by atoms with Crippen molar-refractivity contribution in [3.05, 3.63) is 0 Å². The van der Waals surface area contributed by atoms with Gasteiger partial charge in [-0.3, -0.25) is 0 Å². The van der Waals surface area contributed by atoms with Crippen LogP contribution in [-0.4, -0.2) is 63.4 Å². The van der Waals surface area contributed by atoms with Gasteiger partial charge < -0.3 is 34.2 Å². The highest BCUT2D eigenvalue weighted by Gasteiger charge is 2.55. The van der Waals surface area contributed by atoms with E-state index in [1.54, 1.807) is 7.11 Å². The molecule has 6 atom stereocenters. The van der Waals surface area contributed by atoms with E-state index in [1.807, 2.05) is 13.8 Å². The van der Waals surface area contributed by atoms with Gasteiger partial charge in [0.15, 0.2) is 0 Å². The molecular formula is C14H23NO7. The van der Waals surface area contributed by atoms with E-state index in [1.165, 1.54) is 0 Å². The second kappa shape index (κ2) is 5.93. The monoisotopic (exact) mass is 317 g/mol. The average molecular weight is 317 g/mol. The number of hydrogen-bond donors (Lipinski definition) is 1. The number of rotatable bonds is 3. The van der Waals surface area contributed by atoms with Crippen molar-refractivity contribution < 1.29 is 33.2 Å². The Kier molecular flexibility index (Phi) is 4.30. The van der Waals surface area contributed by atoms with Gasteiger partial charge in [-0.05, 0) is 0 Å². The topological polar surface area (TPSA) is 98.5 Å². The van der Waals surface area contributed by atoms with Crippen LogP contribution in [0.5, 0.6) is 0 Å². The standard InChI is InChI=1S/C14H23NO7/c1-14(2)8(4-7-5-18-13(16)21-7)22-10-9(11(14)17-3)19-6-20-12(10)15/h7-12H,4-6,15H2,1-3H3/t7-,8+,9-,10-,11+,12?/m0/s1. The Balaban J connectivity index is 1.78. The van der Waals surface area contributed by atoms with Gasteiger partial charge in [-0.1, -0.05) is 13.8 Å². The van der Waals surface area contributed by atoms with E-state index in [0.717, 1.165) is 0 Å². The van der Waals surface area contributed by atoms with Gasteiger partial charge in [0.05, 0.1) is 12.2 Å². The summed E-state index contributed by atoms with van der Waals surface area (Å²) in [6.45, 7) is 4.45. The number of carbonyl (C=O) groups excluding carboxylic acids is 1. The molecule has 8 heteroatoms. The van der Waals surface area contributed by atoms with E-state index in [4.69, 9.17) is 34.2 Å². The van der Waals surface area contributed by atoms with Crippen molar-refractivity contribution >= 4 is 6.16 Å². The molecule has 126 valence electrons. The van der Waals surface area contributed by atoms with Crippen molar-refractivity contribution in [2.45, 2.75) is 57.0 Å². The Morgan fingerprint density at radius 2 is 2.09 bits per heavy atom. The molecule has 3 aliphatic heterocycles. The summed E-state index contributed by atoms with van der Waals surface area (Å²) in [4.78, 5) is 11.1. The first-order chi connectivity index (χ1) is 10.4. The third-order valence-corrected chi connectivity index (χ3v) is 4.73. The number of fused-ring (bicyclic) bond motifs is 1. The first-order valence-electron chi connectivity index (χ1n) is 7.44. The Bertz CT molecular complexity index is 429. The summed E-state index contributed by atoms with van der Waals surface area (Å²) in [6, 6.07) is 0. The zero-order valence-electron chi connectivity index (χ0n) is 13.0. The molecule has 0 aromatic rings.